The summed E-state index contributed by atoms with van der Waals surface area (Å²) in [6.45, 7) is 1.12. The molecule has 0 aliphatic carbocycles. The first-order valence-electron chi connectivity index (χ1n) is 5.76. The van der Waals surface area contributed by atoms with E-state index in [1.807, 2.05) is 18.2 Å². The Morgan fingerprint density at radius 1 is 1.39 bits per heavy atom. The van der Waals surface area contributed by atoms with Gasteiger partial charge in [0.15, 0.2) is 0 Å². The molecule has 18 heavy (non-hydrogen) atoms. The van der Waals surface area contributed by atoms with Crippen LogP contribution in [0.15, 0.2) is 18.2 Å². The van der Waals surface area contributed by atoms with Gasteiger partial charge in [0.05, 0.1) is 19.6 Å². The minimum Gasteiger partial charge on any atom is -0.497 e. The normalized spacial score (nSPS) is 19.2. The Kier molecular flexibility index (Phi) is 3.97. The number of ether oxygens (including phenoxy) is 2. The molecule has 4 nitrogen and oxygen atoms in total. The van der Waals surface area contributed by atoms with Crippen molar-refractivity contribution < 1.29 is 14.3 Å². The van der Waals surface area contributed by atoms with Crippen LogP contribution < -0.4 is 9.47 Å². The quantitative estimate of drug-likeness (QED) is 0.786. The van der Waals surface area contributed by atoms with Crippen LogP contribution in [0.25, 0.3) is 0 Å². The van der Waals surface area contributed by atoms with Gasteiger partial charge in [0.2, 0.25) is 5.91 Å². The lowest BCUT2D eigenvalue weighted by atomic mass is 10.2. The number of nitrogens with zero attached hydrogens (tertiary/aromatic N) is 1. The van der Waals surface area contributed by atoms with Gasteiger partial charge in [0.1, 0.15) is 11.5 Å². The summed E-state index contributed by atoms with van der Waals surface area (Å²) in [6.07, 6.45) is 0.417. The molecular weight excluding hydrogens is 254 g/mol. The third-order valence-corrected chi connectivity index (χ3v) is 3.32. The topological polar surface area (TPSA) is 38.8 Å². The fraction of sp³-hybridized carbons (Fsp3) is 0.462. The van der Waals surface area contributed by atoms with Crippen molar-refractivity contribution in [3.05, 3.63) is 23.8 Å². The van der Waals surface area contributed by atoms with E-state index in [-0.39, 0.29) is 11.3 Å². The average molecular weight is 270 g/mol. The highest BCUT2D eigenvalue weighted by atomic mass is 35.5. The molecule has 1 aliphatic heterocycles. The predicted octanol–water partition coefficient (Wildman–Crippen LogP) is 2.04. The number of likely N-dealkylation sites (tertiary alicyclic amines) is 1. The van der Waals surface area contributed by atoms with Crippen molar-refractivity contribution in [2.24, 2.45) is 0 Å². The second-order valence-electron chi connectivity index (χ2n) is 4.25. The van der Waals surface area contributed by atoms with Gasteiger partial charge in [-0.15, -0.1) is 11.6 Å². The van der Waals surface area contributed by atoms with Crippen molar-refractivity contribution >= 4 is 17.5 Å². The summed E-state index contributed by atoms with van der Waals surface area (Å²) in [5.74, 6) is 1.55. The number of methoxy groups -OCH3 is 2. The van der Waals surface area contributed by atoms with E-state index in [1.165, 1.54) is 0 Å². The van der Waals surface area contributed by atoms with Crippen molar-refractivity contribution in [3.8, 4) is 11.5 Å². The molecule has 1 fully saturated rings. The van der Waals surface area contributed by atoms with Crippen LogP contribution in [0.4, 0.5) is 0 Å². The molecule has 1 saturated heterocycles. The number of alkyl halides is 1. The summed E-state index contributed by atoms with van der Waals surface area (Å²) in [5.41, 5.74) is 0.956. The van der Waals surface area contributed by atoms with E-state index in [0.29, 0.717) is 19.5 Å². The zero-order chi connectivity index (χ0) is 13.1. The van der Waals surface area contributed by atoms with E-state index >= 15 is 0 Å². The second-order valence-corrected chi connectivity index (χ2v) is 4.87. The van der Waals surface area contributed by atoms with Gasteiger partial charge < -0.3 is 14.4 Å². The van der Waals surface area contributed by atoms with Gasteiger partial charge in [-0.05, 0) is 12.1 Å². The SMILES string of the molecule is COc1ccc(CN2CC(Cl)CC2=O)c(OC)c1. The molecule has 0 spiro atoms. The van der Waals surface area contributed by atoms with Crippen LogP contribution in [-0.2, 0) is 11.3 Å². The Bertz CT molecular complexity index is 450. The van der Waals surface area contributed by atoms with Crippen LogP contribution in [0.3, 0.4) is 0 Å². The fourth-order valence-electron chi connectivity index (χ4n) is 2.06. The fourth-order valence-corrected chi connectivity index (χ4v) is 2.36. The highest BCUT2D eigenvalue weighted by Crippen LogP contribution is 2.27. The molecule has 1 aliphatic rings. The number of hydrogen-bond acceptors (Lipinski definition) is 3. The number of amides is 1. The van der Waals surface area contributed by atoms with Crippen molar-refractivity contribution in [2.45, 2.75) is 18.3 Å². The third kappa shape index (κ3) is 2.70. The summed E-state index contributed by atoms with van der Waals surface area (Å²) in [6, 6.07) is 5.58. The lowest BCUT2D eigenvalue weighted by Gasteiger charge is -2.18. The van der Waals surface area contributed by atoms with Crippen LogP contribution in [-0.4, -0.2) is 36.9 Å². The average Bonchev–Trinajstić information content (AvgIpc) is 2.68. The molecule has 1 atom stereocenters. The number of carbonyl (C=O) groups excluding carboxylic acids is 1. The minimum absolute atomic E-state index is 0.0817. The highest BCUT2D eigenvalue weighted by Gasteiger charge is 2.28. The molecule has 1 amide bonds. The molecule has 0 N–H and O–H groups in total. The molecule has 1 aromatic carbocycles. The van der Waals surface area contributed by atoms with Gasteiger partial charge in [-0.1, -0.05) is 0 Å². The van der Waals surface area contributed by atoms with Crippen LogP contribution in [0.5, 0.6) is 11.5 Å². The second kappa shape index (κ2) is 5.48. The Hall–Kier alpha value is -1.42. The maximum atomic E-state index is 11.7. The van der Waals surface area contributed by atoms with E-state index in [2.05, 4.69) is 0 Å². The van der Waals surface area contributed by atoms with Crippen molar-refractivity contribution in [3.63, 3.8) is 0 Å². The molecule has 0 radical (unpaired) electrons. The van der Waals surface area contributed by atoms with Gasteiger partial charge in [-0.3, -0.25) is 4.79 Å². The first kappa shape index (κ1) is 13.0. The first-order valence-corrected chi connectivity index (χ1v) is 6.20. The largest absolute Gasteiger partial charge is 0.497 e. The number of halogens is 1. The van der Waals surface area contributed by atoms with E-state index in [1.54, 1.807) is 19.1 Å². The first-order chi connectivity index (χ1) is 8.63. The monoisotopic (exact) mass is 269 g/mol. The van der Waals surface area contributed by atoms with E-state index < -0.39 is 0 Å². The lowest BCUT2D eigenvalue weighted by Crippen LogP contribution is -2.24. The van der Waals surface area contributed by atoms with Crippen molar-refractivity contribution in [2.75, 3.05) is 20.8 Å². The molecule has 98 valence electrons. The molecule has 5 heteroatoms. The summed E-state index contributed by atoms with van der Waals surface area (Å²) in [5, 5.41) is -0.0817. The number of carbonyl (C=O) groups is 1. The smallest absolute Gasteiger partial charge is 0.224 e. The molecule has 0 bridgehead atoms. The van der Waals surface area contributed by atoms with Crippen molar-refractivity contribution in [1.82, 2.24) is 4.90 Å². The van der Waals surface area contributed by atoms with Crippen LogP contribution in [0, 0.1) is 0 Å². The molecule has 1 aromatic rings. The number of rotatable bonds is 4. The minimum atomic E-state index is -0.0817. The van der Waals surface area contributed by atoms with E-state index in [4.69, 9.17) is 21.1 Å². The summed E-state index contributed by atoms with van der Waals surface area (Å²) in [7, 11) is 3.21. The Labute approximate surface area is 111 Å². The Balaban J connectivity index is 2.16. The van der Waals surface area contributed by atoms with Gasteiger partial charge >= 0.3 is 0 Å². The molecule has 0 saturated carbocycles. The molecule has 1 unspecified atom stereocenters. The van der Waals surface area contributed by atoms with Gasteiger partial charge in [-0.25, -0.2) is 0 Å². The van der Waals surface area contributed by atoms with E-state index in [9.17, 15) is 4.79 Å². The number of hydrogen-bond donors (Lipinski definition) is 0. The van der Waals surface area contributed by atoms with Gasteiger partial charge in [0.25, 0.3) is 0 Å². The molecule has 2 rings (SSSR count). The lowest BCUT2D eigenvalue weighted by molar-refractivity contribution is -0.128. The highest BCUT2D eigenvalue weighted by molar-refractivity contribution is 6.22. The summed E-state index contributed by atoms with van der Waals surface area (Å²) in [4.78, 5) is 13.4. The van der Waals surface area contributed by atoms with Crippen LogP contribution >= 0.6 is 11.6 Å². The molecular formula is C13H16ClNO3. The Morgan fingerprint density at radius 2 is 2.17 bits per heavy atom. The van der Waals surface area contributed by atoms with Gasteiger partial charge in [-0.2, -0.15) is 0 Å². The van der Waals surface area contributed by atoms with Crippen LogP contribution in [0.2, 0.25) is 0 Å². The van der Waals surface area contributed by atoms with E-state index in [0.717, 1.165) is 17.1 Å². The summed E-state index contributed by atoms with van der Waals surface area (Å²) < 4.78 is 10.4. The Morgan fingerprint density at radius 3 is 2.72 bits per heavy atom. The maximum absolute atomic E-state index is 11.7. The summed E-state index contributed by atoms with van der Waals surface area (Å²) >= 11 is 5.98. The zero-order valence-electron chi connectivity index (χ0n) is 10.5. The van der Waals surface area contributed by atoms with Crippen molar-refractivity contribution in [1.29, 1.82) is 0 Å². The molecule has 0 aromatic heterocycles. The molecule has 1 heterocycles. The number of benzene rings is 1. The predicted molar refractivity (Wildman–Crippen MR) is 69.2 cm³/mol. The zero-order valence-corrected chi connectivity index (χ0v) is 11.2. The maximum Gasteiger partial charge on any atom is 0.224 e. The van der Waals surface area contributed by atoms with Gasteiger partial charge in [0, 0.05) is 31.1 Å². The van der Waals surface area contributed by atoms with Crippen LogP contribution in [0.1, 0.15) is 12.0 Å². The standard InChI is InChI=1S/C13H16ClNO3/c1-17-11-4-3-9(12(6-11)18-2)7-15-8-10(14)5-13(15)16/h3-4,6,10H,5,7-8H2,1-2H3. The third-order valence-electron chi connectivity index (χ3n) is 3.02.